The lowest BCUT2D eigenvalue weighted by molar-refractivity contribution is 0.109. The molecule has 2 rings (SSSR count). The molecular formula is C14H19ClN2. The molecule has 0 bridgehead atoms. The van der Waals surface area contributed by atoms with E-state index >= 15 is 0 Å². The third kappa shape index (κ3) is 3.01. The number of rotatable bonds is 2. The Labute approximate surface area is 108 Å². The molecule has 2 nitrogen and oxygen atoms in total. The molecule has 0 amide bonds. The van der Waals surface area contributed by atoms with Gasteiger partial charge in [-0.25, -0.2) is 0 Å². The maximum atomic E-state index is 6.10. The van der Waals surface area contributed by atoms with Gasteiger partial charge in [-0.15, -0.1) is 0 Å². The average molecular weight is 251 g/mol. The topological polar surface area (TPSA) is 15.6 Å². The molecule has 0 aliphatic carbocycles. The number of halogens is 1. The smallest absolute Gasteiger partial charge is 0.0558 e. The first-order valence-electron chi connectivity index (χ1n) is 6.25. The van der Waals surface area contributed by atoms with E-state index in [0.29, 0.717) is 12.1 Å². The van der Waals surface area contributed by atoms with Crippen LogP contribution in [0.15, 0.2) is 29.4 Å². The van der Waals surface area contributed by atoms with E-state index in [0.717, 1.165) is 10.6 Å². The van der Waals surface area contributed by atoms with Crippen LogP contribution in [0.5, 0.6) is 0 Å². The summed E-state index contributed by atoms with van der Waals surface area (Å²) in [7, 11) is 0. The highest BCUT2D eigenvalue weighted by molar-refractivity contribution is 6.33. The van der Waals surface area contributed by atoms with Gasteiger partial charge in [-0.05, 0) is 39.2 Å². The van der Waals surface area contributed by atoms with E-state index in [-0.39, 0.29) is 0 Å². The highest BCUT2D eigenvalue weighted by atomic mass is 35.5. The van der Waals surface area contributed by atoms with Crippen LogP contribution >= 0.6 is 11.6 Å². The molecule has 0 radical (unpaired) electrons. The SMILES string of the molecule is CC1CCCC(C)N1/N=C/c1ccccc1Cl. The third-order valence-electron chi connectivity index (χ3n) is 3.38. The van der Waals surface area contributed by atoms with Gasteiger partial charge >= 0.3 is 0 Å². The molecule has 1 aromatic rings. The van der Waals surface area contributed by atoms with Crippen LogP contribution in [0.4, 0.5) is 0 Å². The minimum Gasteiger partial charge on any atom is -0.292 e. The van der Waals surface area contributed by atoms with Gasteiger partial charge in [0.2, 0.25) is 0 Å². The minimum atomic E-state index is 0.525. The summed E-state index contributed by atoms with van der Waals surface area (Å²) in [6, 6.07) is 8.86. The fourth-order valence-corrected chi connectivity index (χ4v) is 2.53. The Morgan fingerprint density at radius 2 is 1.88 bits per heavy atom. The lowest BCUT2D eigenvalue weighted by atomic mass is 10.00. The maximum absolute atomic E-state index is 6.10. The van der Waals surface area contributed by atoms with Crippen LogP contribution in [0.3, 0.4) is 0 Å². The molecule has 2 atom stereocenters. The zero-order valence-corrected chi connectivity index (χ0v) is 11.2. The van der Waals surface area contributed by atoms with Crippen LogP contribution < -0.4 is 0 Å². The minimum absolute atomic E-state index is 0.525. The summed E-state index contributed by atoms with van der Waals surface area (Å²) >= 11 is 6.10. The van der Waals surface area contributed by atoms with E-state index in [4.69, 9.17) is 11.6 Å². The fraction of sp³-hybridized carbons (Fsp3) is 0.500. The number of hydrazone groups is 1. The van der Waals surface area contributed by atoms with E-state index in [1.54, 1.807) is 0 Å². The summed E-state index contributed by atoms with van der Waals surface area (Å²) in [5.74, 6) is 0. The van der Waals surface area contributed by atoms with Gasteiger partial charge in [-0.2, -0.15) is 5.10 Å². The highest BCUT2D eigenvalue weighted by Gasteiger charge is 2.22. The number of nitrogens with zero attached hydrogens (tertiary/aromatic N) is 2. The molecule has 1 aliphatic rings. The highest BCUT2D eigenvalue weighted by Crippen LogP contribution is 2.23. The average Bonchev–Trinajstić information content (AvgIpc) is 2.30. The summed E-state index contributed by atoms with van der Waals surface area (Å²) in [5.41, 5.74) is 0.985. The third-order valence-corrected chi connectivity index (χ3v) is 3.73. The molecule has 0 aromatic heterocycles. The molecule has 0 spiro atoms. The summed E-state index contributed by atoms with van der Waals surface area (Å²) < 4.78 is 0. The van der Waals surface area contributed by atoms with E-state index in [9.17, 15) is 0 Å². The quantitative estimate of drug-likeness (QED) is 0.726. The van der Waals surface area contributed by atoms with E-state index in [1.165, 1.54) is 19.3 Å². The van der Waals surface area contributed by atoms with Crippen molar-refractivity contribution in [3.05, 3.63) is 34.9 Å². The largest absolute Gasteiger partial charge is 0.292 e. The van der Waals surface area contributed by atoms with Crippen LogP contribution in [0.25, 0.3) is 0 Å². The fourth-order valence-electron chi connectivity index (χ4n) is 2.34. The first-order chi connectivity index (χ1) is 8.18. The van der Waals surface area contributed by atoms with Gasteiger partial charge in [0.1, 0.15) is 0 Å². The van der Waals surface area contributed by atoms with Crippen molar-refractivity contribution in [2.24, 2.45) is 5.10 Å². The van der Waals surface area contributed by atoms with Crippen molar-refractivity contribution in [2.45, 2.75) is 45.2 Å². The normalized spacial score (nSPS) is 25.5. The number of hydrogen-bond donors (Lipinski definition) is 0. The summed E-state index contributed by atoms with van der Waals surface area (Å²) in [4.78, 5) is 0. The van der Waals surface area contributed by atoms with Crippen LogP contribution in [0.2, 0.25) is 5.02 Å². The molecule has 92 valence electrons. The van der Waals surface area contributed by atoms with E-state index < -0.39 is 0 Å². The van der Waals surface area contributed by atoms with Crippen molar-refractivity contribution >= 4 is 17.8 Å². The molecular weight excluding hydrogens is 232 g/mol. The van der Waals surface area contributed by atoms with Crippen molar-refractivity contribution in [3.63, 3.8) is 0 Å². The monoisotopic (exact) mass is 250 g/mol. The Balaban J connectivity index is 2.11. The molecule has 3 heteroatoms. The second-order valence-corrected chi connectivity index (χ2v) is 5.18. The molecule has 1 aromatic carbocycles. The Kier molecular flexibility index (Phi) is 4.06. The lowest BCUT2D eigenvalue weighted by Gasteiger charge is -2.36. The Morgan fingerprint density at radius 3 is 2.53 bits per heavy atom. The standard InChI is InChI=1S/C14H19ClN2/c1-11-6-5-7-12(2)17(11)16-10-13-8-3-4-9-14(13)15/h3-4,8-12H,5-7H2,1-2H3/b16-10+. The van der Waals surface area contributed by atoms with Gasteiger partial charge in [-0.1, -0.05) is 29.8 Å². The van der Waals surface area contributed by atoms with Crippen LogP contribution in [-0.2, 0) is 0 Å². The first-order valence-corrected chi connectivity index (χ1v) is 6.63. The molecule has 0 saturated carbocycles. The number of piperidine rings is 1. The number of hydrogen-bond acceptors (Lipinski definition) is 2. The molecule has 1 fully saturated rings. The molecule has 2 unspecified atom stereocenters. The predicted molar refractivity (Wildman–Crippen MR) is 73.7 cm³/mol. The summed E-state index contributed by atoms with van der Waals surface area (Å²) in [6.07, 6.45) is 5.63. The lowest BCUT2D eigenvalue weighted by Crippen LogP contribution is -2.39. The van der Waals surface area contributed by atoms with Crippen LogP contribution in [-0.4, -0.2) is 23.3 Å². The van der Waals surface area contributed by atoms with Crippen LogP contribution in [0, 0.1) is 0 Å². The second-order valence-electron chi connectivity index (χ2n) is 4.78. The second kappa shape index (κ2) is 5.54. The van der Waals surface area contributed by atoms with Gasteiger partial charge in [0, 0.05) is 22.7 Å². The van der Waals surface area contributed by atoms with Gasteiger partial charge in [-0.3, -0.25) is 5.01 Å². The van der Waals surface area contributed by atoms with E-state index in [2.05, 4.69) is 24.0 Å². The molecule has 0 N–H and O–H groups in total. The predicted octanol–water partition coefficient (Wildman–Crippen LogP) is 3.94. The molecule has 1 heterocycles. The molecule has 1 saturated heterocycles. The van der Waals surface area contributed by atoms with Crippen molar-refractivity contribution in [1.29, 1.82) is 0 Å². The van der Waals surface area contributed by atoms with E-state index in [1.807, 2.05) is 30.5 Å². The van der Waals surface area contributed by atoms with Gasteiger partial charge in [0.05, 0.1) is 6.21 Å². The summed E-state index contributed by atoms with van der Waals surface area (Å²) in [5, 5.41) is 7.56. The zero-order chi connectivity index (χ0) is 12.3. The van der Waals surface area contributed by atoms with Gasteiger partial charge < -0.3 is 0 Å². The van der Waals surface area contributed by atoms with Crippen LogP contribution in [0.1, 0.15) is 38.7 Å². The van der Waals surface area contributed by atoms with Crippen molar-refractivity contribution in [1.82, 2.24) is 5.01 Å². The Hall–Kier alpha value is -1.02. The Bertz CT molecular complexity index is 393. The van der Waals surface area contributed by atoms with Gasteiger partial charge in [0.15, 0.2) is 0 Å². The molecule has 1 aliphatic heterocycles. The number of benzene rings is 1. The zero-order valence-electron chi connectivity index (χ0n) is 10.4. The van der Waals surface area contributed by atoms with Crippen molar-refractivity contribution < 1.29 is 0 Å². The first kappa shape index (κ1) is 12.4. The van der Waals surface area contributed by atoms with Crippen molar-refractivity contribution in [3.8, 4) is 0 Å². The van der Waals surface area contributed by atoms with Gasteiger partial charge in [0.25, 0.3) is 0 Å². The summed E-state index contributed by atoms with van der Waals surface area (Å²) in [6.45, 7) is 4.47. The Morgan fingerprint density at radius 1 is 1.24 bits per heavy atom. The van der Waals surface area contributed by atoms with Crippen molar-refractivity contribution in [2.75, 3.05) is 0 Å². The molecule has 17 heavy (non-hydrogen) atoms. The maximum Gasteiger partial charge on any atom is 0.0558 e.